The molecule has 0 aliphatic rings. The van der Waals surface area contributed by atoms with Gasteiger partial charge >= 0.3 is 12.1 Å². The lowest BCUT2D eigenvalue weighted by molar-refractivity contribution is -0.137. The SMILES string of the molecule is Cn1cc(/C(=C/C=C/C(=O)O)c2ccc(C(F)(F)F)cc2)ccc1=O. The van der Waals surface area contributed by atoms with E-state index in [1.54, 1.807) is 7.05 Å². The normalized spacial score (nSPS) is 12.6. The van der Waals surface area contributed by atoms with Gasteiger partial charge in [-0.05, 0) is 34.9 Å². The maximum atomic E-state index is 12.7. The third kappa shape index (κ3) is 4.69. The minimum atomic E-state index is -4.44. The molecule has 0 unspecified atom stereocenters. The fraction of sp³-hybridized carbons (Fsp3) is 0.111. The van der Waals surface area contributed by atoms with Crippen molar-refractivity contribution < 1.29 is 23.1 Å². The Kier molecular flexibility index (Phi) is 5.26. The molecule has 2 rings (SSSR count). The lowest BCUT2D eigenvalue weighted by Crippen LogP contribution is -2.14. The first-order valence-electron chi connectivity index (χ1n) is 7.14. The molecule has 2 aromatic rings. The van der Waals surface area contributed by atoms with E-state index in [0.29, 0.717) is 16.7 Å². The smallest absolute Gasteiger partial charge is 0.416 e. The Labute approximate surface area is 141 Å². The van der Waals surface area contributed by atoms with Crippen LogP contribution in [0.2, 0.25) is 0 Å². The molecule has 0 radical (unpaired) electrons. The van der Waals surface area contributed by atoms with Crippen molar-refractivity contribution in [2.24, 2.45) is 7.05 Å². The summed E-state index contributed by atoms with van der Waals surface area (Å²) in [7, 11) is 1.54. The van der Waals surface area contributed by atoms with E-state index in [4.69, 9.17) is 5.11 Å². The van der Waals surface area contributed by atoms with Gasteiger partial charge in [-0.25, -0.2) is 4.79 Å². The number of alkyl halides is 3. The van der Waals surface area contributed by atoms with Crippen LogP contribution >= 0.6 is 0 Å². The number of rotatable bonds is 4. The van der Waals surface area contributed by atoms with Crippen molar-refractivity contribution in [3.05, 3.63) is 87.9 Å². The Balaban J connectivity index is 2.53. The minimum Gasteiger partial charge on any atom is -0.478 e. The number of allylic oxidation sites excluding steroid dienone is 2. The lowest BCUT2D eigenvalue weighted by atomic mass is 9.97. The molecular formula is C18H14F3NO3. The van der Waals surface area contributed by atoms with Crippen molar-refractivity contribution >= 4 is 11.5 Å². The van der Waals surface area contributed by atoms with E-state index in [2.05, 4.69) is 0 Å². The number of pyridine rings is 1. The van der Waals surface area contributed by atoms with Crippen molar-refractivity contribution in [3.63, 3.8) is 0 Å². The van der Waals surface area contributed by atoms with Crippen molar-refractivity contribution in [1.29, 1.82) is 0 Å². The molecule has 1 N–H and O–H groups in total. The Morgan fingerprint density at radius 3 is 2.20 bits per heavy atom. The number of hydrogen-bond acceptors (Lipinski definition) is 2. The molecule has 1 heterocycles. The molecule has 4 nitrogen and oxygen atoms in total. The van der Waals surface area contributed by atoms with E-state index in [1.807, 2.05) is 0 Å². The summed E-state index contributed by atoms with van der Waals surface area (Å²) in [5.74, 6) is -1.15. The van der Waals surface area contributed by atoms with E-state index in [0.717, 1.165) is 18.2 Å². The number of carboxylic acid groups (broad SMARTS) is 1. The largest absolute Gasteiger partial charge is 0.478 e. The summed E-state index contributed by atoms with van der Waals surface area (Å²) in [6, 6.07) is 7.36. The van der Waals surface area contributed by atoms with Crippen molar-refractivity contribution in [2.75, 3.05) is 0 Å². The quantitative estimate of drug-likeness (QED) is 0.679. The highest BCUT2D eigenvalue weighted by molar-refractivity contribution is 5.83. The number of halogens is 3. The number of aromatic nitrogens is 1. The highest BCUT2D eigenvalue weighted by Crippen LogP contribution is 2.31. The van der Waals surface area contributed by atoms with E-state index in [1.165, 1.54) is 47.2 Å². The number of aliphatic carboxylic acids is 1. The van der Waals surface area contributed by atoms with Crippen LogP contribution in [0, 0.1) is 0 Å². The van der Waals surface area contributed by atoms with Gasteiger partial charge in [0, 0.05) is 25.4 Å². The van der Waals surface area contributed by atoms with Gasteiger partial charge in [0.15, 0.2) is 0 Å². The Hall–Kier alpha value is -3.09. The molecular weight excluding hydrogens is 335 g/mol. The minimum absolute atomic E-state index is 0.239. The van der Waals surface area contributed by atoms with E-state index >= 15 is 0 Å². The Morgan fingerprint density at radius 2 is 1.68 bits per heavy atom. The highest BCUT2D eigenvalue weighted by atomic mass is 19.4. The predicted molar refractivity (Wildman–Crippen MR) is 87.0 cm³/mol. The fourth-order valence-corrected chi connectivity index (χ4v) is 2.18. The van der Waals surface area contributed by atoms with Gasteiger partial charge in [0.2, 0.25) is 5.56 Å². The summed E-state index contributed by atoms with van der Waals surface area (Å²) >= 11 is 0. The van der Waals surface area contributed by atoms with Gasteiger partial charge in [-0.15, -0.1) is 0 Å². The van der Waals surface area contributed by atoms with Gasteiger partial charge < -0.3 is 9.67 Å². The maximum Gasteiger partial charge on any atom is 0.416 e. The van der Waals surface area contributed by atoms with Gasteiger partial charge in [-0.2, -0.15) is 13.2 Å². The van der Waals surface area contributed by atoms with Crippen LogP contribution in [0.25, 0.3) is 5.57 Å². The van der Waals surface area contributed by atoms with Gasteiger partial charge in [0.1, 0.15) is 0 Å². The monoisotopic (exact) mass is 349 g/mol. The Bertz CT molecular complexity index is 891. The molecule has 0 spiro atoms. The van der Waals surface area contributed by atoms with Crippen LogP contribution in [0.15, 0.2) is 65.6 Å². The number of carboxylic acids is 1. The summed E-state index contributed by atoms with van der Waals surface area (Å²) in [6.07, 6.45) is 0.742. The number of benzene rings is 1. The van der Waals surface area contributed by atoms with Gasteiger partial charge in [-0.3, -0.25) is 4.79 Å². The van der Waals surface area contributed by atoms with Crippen LogP contribution in [-0.2, 0) is 18.0 Å². The maximum absolute atomic E-state index is 12.7. The van der Waals surface area contributed by atoms with Crippen molar-refractivity contribution in [3.8, 4) is 0 Å². The molecule has 0 aliphatic carbocycles. The first-order chi connectivity index (χ1) is 11.7. The highest BCUT2D eigenvalue weighted by Gasteiger charge is 2.30. The molecule has 0 saturated carbocycles. The fourth-order valence-electron chi connectivity index (χ4n) is 2.18. The average Bonchev–Trinajstić information content (AvgIpc) is 2.53. The average molecular weight is 349 g/mol. The standard InChI is InChI=1S/C18H14F3NO3/c1-22-11-13(7-10-16(22)23)15(3-2-4-17(24)25)12-5-8-14(9-6-12)18(19,20)21/h2-11H,1H3,(H,24,25)/b4-2+,15-3+. The summed E-state index contributed by atoms with van der Waals surface area (Å²) in [5, 5.41) is 8.69. The van der Waals surface area contributed by atoms with Gasteiger partial charge in [-0.1, -0.05) is 24.3 Å². The third-order valence-electron chi connectivity index (χ3n) is 3.42. The summed E-state index contributed by atoms with van der Waals surface area (Å²) < 4.78 is 39.4. The number of hydrogen-bond donors (Lipinski definition) is 1. The van der Waals surface area contributed by atoms with Crippen LogP contribution in [0.5, 0.6) is 0 Å². The number of aryl methyl sites for hydroxylation is 1. The van der Waals surface area contributed by atoms with Crippen LogP contribution in [-0.4, -0.2) is 15.6 Å². The lowest BCUT2D eigenvalue weighted by Gasteiger charge is -2.11. The van der Waals surface area contributed by atoms with E-state index in [-0.39, 0.29) is 5.56 Å². The summed E-state index contributed by atoms with van der Waals surface area (Å²) in [5.41, 5.74) is 0.495. The van der Waals surface area contributed by atoms with E-state index in [9.17, 15) is 22.8 Å². The van der Waals surface area contributed by atoms with Crippen LogP contribution in [0.4, 0.5) is 13.2 Å². The predicted octanol–water partition coefficient (Wildman–Crippen LogP) is 3.48. The molecule has 7 heteroatoms. The van der Waals surface area contributed by atoms with Gasteiger partial charge in [0.25, 0.3) is 0 Å². The molecule has 0 bridgehead atoms. The van der Waals surface area contributed by atoms with Crippen LogP contribution in [0.3, 0.4) is 0 Å². The van der Waals surface area contributed by atoms with Crippen LogP contribution < -0.4 is 5.56 Å². The van der Waals surface area contributed by atoms with Crippen molar-refractivity contribution in [2.45, 2.75) is 6.18 Å². The molecule has 1 aromatic carbocycles. The second-order valence-electron chi connectivity index (χ2n) is 5.22. The Morgan fingerprint density at radius 1 is 1.08 bits per heavy atom. The first kappa shape index (κ1) is 18.3. The molecule has 0 saturated heterocycles. The summed E-state index contributed by atoms with van der Waals surface area (Å²) in [4.78, 5) is 22.1. The van der Waals surface area contributed by atoms with Gasteiger partial charge in [0.05, 0.1) is 5.56 Å². The second-order valence-corrected chi connectivity index (χ2v) is 5.22. The molecule has 0 aliphatic heterocycles. The zero-order chi connectivity index (χ0) is 18.6. The number of nitrogens with zero attached hydrogens (tertiary/aromatic N) is 1. The molecule has 0 amide bonds. The zero-order valence-corrected chi connectivity index (χ0v) is 13.1. The molecule has 1 aromatic heterocycles. The molecule has 0 fully saturated rings. The van der Waals surface area contributed by atoms with Crippen molar-refractivity contribution in [1.82, 2.24) is 4.57 Å². The molecule has 0 atom stereocenters. The zero-order valence-electron chi connectivity index (χ0n) is 13.1. The molecule has 25 heavy (non-hydrogen) atoms. The topological polar surface area (TPSA) is 59.3 Å². The summed E-state index contributed by atoms with van der Waals surface area (Å²) in [6.45, 7) is 0. The first-order valence-corrected chi connectivity index (χ1v) is 7.14. The third-order valence-corrected chi connectivity index (χ3v) is 3.42. The van der Waals surface area contributed by atoms with E-state index < -0.39 is 17.7 Å². The van der Waals surface area contributed by atoms with Crippen LogP contribution in [0.1, 0.15) is 16.7 Å². The molecule has 130 valence electrons. The second kappa shape index (κ2) is 7.21. The number of carbonyl (C=O) groups is 1.